The standard InChI is InChI=1S/C30H32FNO7/c1-35-25-16-30-9-3-10-32(30)11-8-19-13-23-24(38-17-37-23)15-22(19)27(30)28(25)39-29(34)20(14-26(33)36-2)12-18-4-6-21(31)7-5-18/h4-7,13,15-16,20,27-28H,3,8-12,14,17H2,1-2H3/t20-,27-,28-,30+/m1/s1. The number of carbonyl (C=O) groups is 2. The first-order valence-electron chi connectivity index (χ1n) is 13.4. The van der Waals surface area contributed by atoms with E-state index < -0.39 is 24.0 Å². The summed E-state index contributed by atoms with van der Waals surface area (Å²) in [6, 6.07) is 9.97. The summed E-state index contributed by atoms with van der Waals surface area (Å²) in [5.41, 5.74) is 2.57. The number of ether oxygens (including phenoxy) is 5. The van der Waals surface area contributed by atoms with Crippen LogP contribution in [0, 0.1) is 11.7 Å². The molecule has 0 radical (unpaired) electrons. The van der Waals surface area contributed by atoms with Crippen LogP contribution in [0.15, 0.2) is 48.2 Å². The minimum Gasteiger partial charge on any atom is -0.497 e. The van der Waals surface area contributed by atoms with Crippen molar-refractivity contribution in [2.45, 2.75) is 49.7 Å². The molecule has 1 fully saturated rings. The van der Waals surface area contributed by atoms with Crippen molar-refractivity contribution in [3.63, 3.8) is 0 Å². The fourth-order valence-corrected chi connectivity index (χ4v) is 6.74. The first kappa shape index (κ1) is 25.7. The monoisotopic (exact) mass is 537 g/mol. The van der Waals surface area contributed by atoms with Gasteiger partial charge in [0.25, 0.3) is 0 Å². The molecule has 0 aromatic heterocycles. The van der Waals surface area contributed by atoms with Gasteiger partial charge < -0.3 is 23.7 Å². The Balaban J connectivity index is 1.36. The van der Waals surface area contributed by atoms with Gasteiger partial charge >= 0.3 is 11.9 Å². The van der Waals surface area contributed by atoms with Gasteiger partial charge in [-0.15, -0.1) is 0 Å². The zero-order valence-corrected chi connectivity index (χ0v) is 22.1. The van der Waals surface area contributed by atoms with Crippen molar-refractivity contribution < 1.29 is 37.7 Å². The molecule has 6 rings (SSSR count). The van der Waals surface area contributed by atoms with Crippen LogP contribution in [0.3, 0.4) is 0 Å². The Bertz CT molecular complexity index is 1310. The van der Waals surface area contributed by atoms with Gasteiger partial charge in [-0.05, 0) is 79.3 Å². The predicted octanol–water partition coefficient (Wildman–Crippen LogP) is 3.91. The third-order valence-electron chi connectivity index (χ3n) is 8.58. The van der Waals surface area contributed by atoms with Crippen LogP contribution < -0.4 is 9.47 Å². The lowest BCUT2D eigenvalue weighted by molar-refractivity contribution is -0.159. The first-order valence-corrected chi connectivity index (χ1v) is 13.4. The predicted molar refractivity (Wildman–Crippen MR) is 138 cm³/mol. The van der Waals surface area contributed by atoms with Crippen molar-refractivity contribution in [2.24, 2.45) is 5.92 Å². The summed E-state index contributed by atoms with van der Waals surface area (Å²) in [6.07, 6.45) is 4.29. The maximum Gasteiger partial charge on any atom is 0.310 e. The Labute approximate surface area is 226 Å². The first-order chi connectivity index (χ1) is 18.9. The fourth-order valence-electron chi connectivity index (χ4n) is 6.74. The summed E-state index contributed by atoms with van der Waals surface area (Å²) in [6.45, 7) is 1.99. The van der Waals surface area contributed by atoms with Gasteiger partial charge in [0.1, 0.15) is 11.6 Å². The molecule has 0 N–H and O–H groups in total. The normalized spacial score (nSPS) is 25.6. The van der Waals surface area contributed by atoms with Gasteiger partial charge in [0.05, 0.1) is 38.0 Å². The maximum absolute atomic E-state index is 13.8. The van der Waals surface area contributed by atoms with Crippen LogP contribution in [-0.2, 0) is 36.6 Å². The molecule has 0 saturated carbocycles. The lowest BCUT2D eigenvalue weighted by atomic mass is 9.77. The second kappa shape index (κ2) is 10.2. The molecular formula is C30H32FNO7. The lowest BCUT2D eigenvalue weighted by Crippen LogP contribution is -2.47. The molecule has 8 nitrogen and oxygen atoms in total. The van der Waals surface area contributed by atoms with E-state index in [1.807, 2.05) is 12.1 Å². The Morgan fingerprint density at radius 3 is 2.64 bits per heavy atom. The molecule has 0 unspecified atom stereocenters. The summed E-state index contributed by atoms with van der Waals surface area (Å²) in [4.78, 5) is 28.5. The van der Waals surface area contributed by atoms with E-state index in [1.54, 1.807) is 19.2 Å². The number of fused-ring (bicyclic) bond motifs is 3. The highest BCUT2D eigenvalue weighted by molar-refractivity contribution is 5.80. The highest BCUT2D eigenvalue weighted by Gasteiger charge is 2.58. The molecule has 1 saturated heterocycles. The molecule has 2 aromatic rings. The van der Waals surface area contributed by atoms with Gasteiger partial charge in [-0.25, -0.2) is 4.39 Å². The zero-order valence-electron chi connectivity index (χ0n) is 22.1. The minimum absolute atomic E-state index is 0.150. The fraction of sp³-hybridized carbons (Fsp3) is 0.467. The van der Waals surface area contributed by atoms with Crippen LogP contribution in [0.4, 0.5) is 4.39 Å². The number of esters is 2. The lowest BCUT2D eigenvalue weighted by Gasteiger charge is -2.39. The summed E-state index contributed by atoms with van der Waals surface area (Å²) in [5.74, 6) is -0.408. The number of hydrogen-bond donors (Lipinski definition) is 0. The second-order valence-corrected chi connectivity index (χ2v) is 10.6. The molecule has 3 heterocycles. The molecule has 4 atom stereocenters. The third-order valence-corrected chi connectivity index (χ3v) is 8.58. The highest BCUT2D eigenvalue weighted by atomic mass is 19.1. The van der Waals surface area contributed by atoms with Gasteiger partial charge in [-0.2, -0.15) is 0 Å². The number of rotatable bonds is 7. The summed E-state index contributed by atoms with van der Waals surface area (Å²) in [5, 5.41) is 0. The van der Waals surface area contributed by atoms with Crippen molar-refractivity contribution in [3.05, 3.63) is 70.7 Å². The highest BCUT2D eigenvalue weighted by Crippen LogP contribution is 2.55. The van der Waals surface area contributed by atoms with E-state index in [1.165, 1.54) is 19.2 Å². The van der Waals surface area contributed by atoms with Crippen molar-refractivity contribution in [1.29, 1.82) is 0 Å². The van der Waals surface area contributed by atoms with Crippen LogP contribution in [0.2, 0.25) is 0 Å². The van der Waals surface area contributed by atoms with E-state index in [9.17, 15) is 14.0 Å². The quantitative estimate of drug-likeness (QED) is 0.492. The van der Waals surface area contributed by atoms with E-state index in [0.717, 1.165) is 54.8 Å². The molecule has 2 aromatic carbocycles. The molecule has 9 heteroatoms. The number of methoxy groups -OCH3 is 2. The zero-order chi connectivity index (χ0) is 27.1. The largest absolute Gasteiger partial charge is 0.497 e. The molecule has 0 bridgehead atoms. The van der Waals surface area contributed by atoms with E-state index >= 15 is 0 Å². The van der Waals surface area contributed by atoms with Gasteiger partial charge in [0, 0.05) is 6.54 Å². The van der Waals surface area contributed by atoms with E-state index in [-0.39, 0.29) is 36.9 Å². The number of carbonyl (C=O) groups excluding carboxylic acids is 2. The SMILES string of the molecule is COC(=O)C[C@@H](Cc1ccc(F)cc1)C(=O)O[C@@H]1C(OC)=C[C@]23CCCN2CCc2cc4c(cc2[C@H]13)OCO4. The summed E-state index contributed by atoms with van der Waals surface area (Å²) < 4.78 is 41.9. The van der Waals surface area contributed by atoms with Crippen LogP contribution in [0.25, 0.3) is 0 Å². The van der Waals surface area contributed by atoms with Gasteiger partial charge in [0.15, 0.2) is 17.6 Å². The molecule has 0 amide bonds. The van der Waals surface area contributed by atoms with E-state index in [0.29, 0.717) is 11.5 Å². The third kappa shape index (κ3) is 4.52. The molecule has 1 aliphatic carbocycles. The molecule has 206 valence electrons. The molecule has 39 heavy (non-hydrogen) atoms. The summed E-state index contributed by atoms with van der Waals surface area (Å²) >= 11 is 0. The molecule has 4 aliphatic rings. The van der Waals surface area contributed by atoms with Crippen molar-refractivity contribution in [2.75, 3.05) is 34.1 Å². The van der Waals surface area contributed by atoms with Gasteiger partial charge in [-0.1, -0.05) is 12.1 Å². The van der Waals surface area contributed by atoms with Crippen LogP contribution in [-0.4, -0.2) is 62.6 Å². The Morgan fingerprint density at radius 2 is 1.90 bits per heavy atom. The number of nitrogens with zero attached hydrogens (tertiary/aromatic N) is 1. The van der Waals surface area contributed by atoms with Crippen molar-refractivity contribution >= 4 is 11.9 Å². The number of benzene rings is 2. The average molecular weight is 538 g/mol. The average Bonchev–Trinajstić information content (AvgIpc) is 3.63. The van der Waals surface area contributed by atoms with Gasteiger partial charge in [0.2, 0.25) is 6.79 Å². The molecule has 1 spiro atoms. The molecule has 3 aliphatic heterocycles. The smallest absolute Gasteiger partial charge is 0.310 e. The topological polar surface area (TPSA) is 83.5 Å². The van der Waals surface area contributed by atoms with Crippen LogP contribution >= 0.6 is 0 Å². The van der Waals surface area contributed by atoms with Crippen molar-refractivity contribution in [1.82, 2.24) is 4.90 Å². The molecular weight excluding hydrogens is 505 g/mol. The maximum atomic E-state index is 13.8. The Hall–Kier alpha value is -3.59. The Morgan fingerprint density at radius 1 is 1.13 bits per heavy atom. The minimum atomic E-state index is -0.806. The number of hydrogen-bond acceptors (Lipinski definition) is 8. The number of halogens is 1. The second-order valence-electron chi connectivity index (χ2n) is 10.6. The Kier molecular flexibility index (Phi) is 6.71. The van der Waals surface area contributed by atoms with E-state index in [2.05, 4.69) is 11.0 Å². The van der Waals surface area contributed by atoms with E-state index in [4.69, 9.17) is 23.7 Å². The van der Waals surface area contributed by atoms with Crippen LogP contribution in [0.5, 0.6) is 11.5 Å². The van der Waals surface area contributed by atoms with Crippen LogP contribution in [0.1, 0.15) is 41.9 Å². The van der Waals surface area contributed by atoms with Crippen molar-refractivity contribution in [3.8, 4) is 11.5 Å². The summed E-state index contributed by atoms with van der Waals surface area (Å²) in [7, 11) is 2.88. The van der Waals surface area contributed by atoms with Gasteiger partial charge in [-0.3, -0.25) is 14.5 Å².